The van der Waals surface area contributed by atoms with Gasteiger partial charge >= 0.3 is 0 Å². The van der Waals surface area contributed by atoms with Crippen molar-refractivity contribution in [2.24, 2.45) is 0 Å². The molecule has 2 aromatic rings. The smallest absolute Gasteiger partial charge is 0.243 e. The van der Waals surface area contributed by atoms with Crippen LogP contribution >= 0.6 is 0 Å². The Morgan fingerprint density at radius 1 is 1.29 bits per heavy atom. The predicted octanol–water partition coefficient (Wildman–Crippen LogP) is 2.13. The summed E-state index contributed by atoms with van der Waals surface area (Å²) in [6.45, 7) is 2.76. The van der Waals surface area contributed by atoms with E-state index in [0.29, 0.717) is 11.4 Å². The van der Waals surface area contributed by atoms with Crippen molar-refractivity contribution in [3.8, 4) is 0 Å². The standard InChI is InChI=1S/C15H20N2O3S/c1-12-14(9-16-2)5-4-6-15(12)21(18,19)17(3)10-13-7-8-20-11-13/h4-8,11,16H,9-10H2,1-3H3. The molecule has 0 spiro atoms. The van der Waals surface area contributed by atoms with E-state index in [9.17, 15) is 8.42 Å². The number of furan rings is 1. The third-order valence-corrected chi connectivity index (χ3v) is 5.38. The number of rotatable bonds is 6. The molecule has 5 nitrogen and oxygen atoms in total. The van der Waals surface area contributed by atoms with Crippen LogP contribution in [0.1, 0.15) is 16.7 Å². The molecule has 0 amide bonds. The fourth-order valence-electron chi connectivity index (χ4n) is 2.21. The van der Waals surface area contributed by atoms with E-state index < -0.39 is 10.0 Å². The van der Waals surface area contributed by atoms with E-state index in [-0.39, 0.29) is 6.54 Å². The summed E-state index contributed by atoms with van der Waals surface area (Å²) in [5.41, 5.74) is 2.59. The number of nitrogens with zero attached hydrogens (tertiary/aromatic N) is 1. The second-order valence-corrected chi connectivity index (χ2v) is 6.98. The van der Waals surface area contributed by atoms with E-state index in [2.05, 4.69) is 5.32 Å². The minimum Gasteiger partial charge on any atom is -0.472 e. The molecule has 1 N–H and O–H groups in total. The van der Waals surface area contributed by atoms with Crippen LogP contribution in [-0.4, -0.2) is 26.8 Å². The van der Waals surface area contributed by atoms with E-state index in [1.165, 1.54) is 10.6 Å². The van der Waals surface area contributed by atoms with Crippen molar-refractivity contribution in [1.82, 2.24) is 9.62 Å². The van der Waals surface area contributed by atoms with Crippen molar-refractivity contribution in [3.05, 3.63) is 53.5 Å². The Hall–Kier alpha value is -1.63. The monoisotopic (exact) mass is 308 g/mol. The zero-order valence-corrected chi connectivity index (χ0v) is 13.3. The fraction of sp³-hybridized carbons (Fsp3) is 0.333. The van der Waals surface area contributed by atoms with Gasteiger partial charge in [-0.15, -0.1) is 0 Å². The number of benzene rings is 1. The normalized spacial score (nSPS) is 12.0. The average molecular weight is 308 g/mol. The molecule has 0 radical (unpaired) electrons. The molecular weight excluding hydrogens is 288 g/mol. The van der Waals surface area contributed by atoms with Gasteiger partial charge in [0.15, 0.2) is 0 Å². The first-order valence-corrected chi connectivity index (χ1v) is 8.11. The Morgan fingerprint density at radius 3 is 2.67 bits per heavy atom. The first-order chi connectivity index (χ1) is 9.96. The van der Waals surface area contributed by atoms with Crippen LogP contribution in [0.25, 0.3) is 0 Å². The molecule has 114 valence electrons. The van der Waals surface area contributed by atoms with Gasteiger partial charge in [0.05, 0.1) is 17.4 Å². The topological polar surface area (TPSA) is 62.6 Å². The summed E-state index contributed by atoms with van der Waals surface area (Å²) in [7, 11) is -0.108. The van der Waals surface area contributed by atoms with Gasteiger partial charge in [-0.2, -0.15) is 4.31 Å². The molecule has 0 aliphatic heterocycles. The summed E-state index contributed by atoms with van der Waals surface area (Å²) in [6, 6.07) is 7.12. The van der Waals surface area contributed by atoms with Crippen molar-refractivity contribution in [3.63, 3.8) is 0 Å². The molecule has 2 rings (SSSR count). The van der Waals surface area contributed by atoms with E-state index in [0.717, 1.165) is 16.7 Å². The second kappa shape index (κ2) is 6.43. The van der Waals surface area contributed by atoms with Gasteiger partial charge in [-0.3, -0.25) is 0 Å². The van der Waals surface area contributed by atoms with E-state index >= 15 is 0 Å². The Balaban J connectivity index is 2.33. The molecule has 1 aromatic carbocycles. The summed E-state index contributed by atoms with van der Waals surface area (Å²) in [6.07, 6.45) is 3.09. The molecule has 0 unspecified atom stereocenters. The highest BCUT2D eigenvalue weighted by molar-refractivity contribution is 7.89. The van der Waals surface area contributed by atoms with Gasteiger partial charge < -0.3 is 9.73 Å². The predicted molar refractivity (Wildman–Crippen MR) is 81.3 cm³/mol. The van der Waals surface area contributed by atoms with Gasteiger partial charge in [0, 0.05) is 25.7 Å². The Labute approximate surface area is 125 Å². The maximum absolute atomic E-state index is 12.7. The Bertz CT molecular complexity index is 694. The second-order valence-electron chi connectivity index (χ2n) is 4.96. The zero-order chi connectivity index (χ0) is 15.5. The molecular formula is C15H20N2O3S. The number of nitrogens with one attached hydrogen (secondary N) is 1. The van der Waals surface area contributed by atoms with Crippen LogP contribution < -0.4 is 5.32 Å². The lowest BCUT2D eigenvalue weighted by atomic mass is 10.1. The zero-order valence-electron chi connectivity index (χ0n) is 12.5. The van der Waals surface area contributed by atoms with Crippen LogP contribution in [0.3, 0.4) is 0 Å². The summed E-state index contributed by atoms with van der Waals surface area (Å²) >= 11 is 0. The van der Waals surface area contributed by atoms with Crippen molar-refractivity contribution in [2.45, 2.75) is 24.9 Å². The SMILES string of the molecule is CNCc1cccc(S(=O)(=O)N(C)Cc2ccoc2)c1C. The minimum atomic E-state index is -3.52. The van der Waals surface area contributed by atoms with Crippen LogP contribution in [-0.2, 0) is 23.1 Å². The number of hydrogen-bond donors (Lipinski definition) is 1. The molecule has 0 bridgehead atoms. The van der Waals surface area contributed by atoms with Gasteiger partial charge in [0.2, 0.25) is 10.0 Å². The van der Waals surface area contributed by atoms with Gasteiger partial charge in [-0.05, 0) is 37.2 Å². The van der Waals surface area contributed by atoms with Crippen molar-refractivity contribution < 1.29 is 12.8 Å². The maximum Gasteiger partial charge on any atom is 0.243 e. The van der Waals surface area contributed by atoms with Gasteiger partial charge in [-0.25, -0.2) is 8.42 Å². The van der Waals surface area contributed by atoms with Gasteiger partial charge in [0.1, 0.15) is 0 Å². The van der Waals surface area contributed by atoms with Crippen molar-refractivity contribution in [1.29, 1.82) is 0 Å². The molecule has 0 aliphatic rings. The van der Waals surface area contributed by atoms with Gasteiger partial charge in [-0.1, -0.05) is 12.1 Å². The van der Waals surface area contributed by atoms with E-state index in [1.54, 1.807) is 31.5 Å². The molecule has 0 aliphatic carbocycles. The fourth-order valence-corrected chi connectivity index (χ4v) is 3.64. The highest BCUT2D eigenvalue weighted by Gasteiger charge is 2.24. The van der Waals surface area contributed by atoms with Crippen LogP contribution in [0.2, 0.25) is 0 Å². The highest BCUT2D eigenvalue weighted by Crippen LogP contribution is 2.23. The largest absolute Gasteiger partial charge is 0.472 e. The maximum atomic E-state index is 12.7. The first kappa shape index (κ1) is 15.8. The molecule has 1 aromatic heterocycles. The third kappa shape index (κ3) is 3.34. The number of hydrogen-bond acceptors (Lipinski definition) is 4. The van der Waals surface area contributed by atoms with E-state index in [1.807, 2.05) is 20.0 Å². The molecule has 1 heterocycles. The lowest BCUT2D eigenvalue weighted by molar-refractivity contribution is 0.462. The lowest BCUT2D eigenvalue weighted by Gasteiger charge is -2.19. The number of sulfonamides is 1. The molecule has 0 atom stereocenters. The van der Waals surface area contributed by atoms with Crippen LogP contribution in [0.15, 0.2) is 46.1 Å². The Morgan fingerprint density at radius 2 is 2.05 bits per heavy atom. The molecule has 6 heteroatoms. The lowest BCUT2D eigenvalue weighted by Crippen LogP contribution is -2.27. The molecule has 21 heavy (non-hydrogen) atoms. The first-order valence-electron chi connectivity index (χ1n) is 6.67. The van der Waals surface area contributed by atoms with Gasteiger partial charge in [0.25, 0.3) is 0 Å². The summed E-state index contributed by atoms with van der Waals surface area (Å²) in [5, 5.41) is 3.05. The summed E-state index contributed by atoms with van der Waals surface area (Å²) in [4.78, 5) is 0.348. The van der Waals surface area contributed by atoms with Crippen LogP contribution in [0.5, 0.6) is 0 Å². The molecule has 0 fully saturated rings. The average Bonchev–Trinajstić information content (AvgIpc) is 2.94. The summed E-state index contributed by atoms with van der Waals surface area (Å²) < 4.78 is 31.7. The molecule has 0 saturated heterocycles. The van der Waals surface area contributed by atoms with Crippen molar-refractivity contribution in [2.75, 3.05) is 14.1 Å². The summed E-state index contributed by atoms with van der Waals surface area (Å²) in [5.74, 6) is 0. The third-order valence-electron chi connectivity index (χ3n) is 3.44. The molecule has 0 saturated carbocycles. The Kier molecular flexibility index (Phi) is 4.82. The van der Waals surface area contributed by atoms with Crippen molar-refractivity contribution >= 4 is 10.0 Å². The highest BCUT2D eigenvalue weighted by atomic mass is 32.2. The quantitative estimate of drug-likeness (QED) is 0.888. The van der Waals surface area contributed by atoms with E-state index in [4.69, 9.17) is 4.42 Å². The van der Waals surface area contributed by atoms with Crippen LogP contribution in [0, 0.1) is 6.92 Å². The van der Waals surface area contributed by atoms with Crippen LogP contribution in [0.4, 0.5) is 0 Å². The minimum absolute atomic E-state index is 0.286.